The van der Waals surface area contributed by atoms with Gasteiger partial charge in [-0.15, -0.1) is 12.4 Å². The molecule has 0 aliphatic carbocycles. The molecule has 1 aromatic heterocycles. The van der Waals surface area contributed by atoms with Crippen LogP contribution in [0.3, 0.4) is 0 Å². The van der Waals surface area contributed by atoms with Crippen LogP contribution in [0.2, 0.25) is 0 Å². The van der Waals surface area contributed by atoms with Gasteiger partial charge in [0, 0.05) is 25.7 Å². The summed E-state index contributed by atoms with van der Waals surface area (Å²) in [7, 11) is -2.64. The van der Waals surface area contributed by atoms with Crippen molar-refractivity contribution < 1.29 is 9.46 Å². The van der Waals surface area contributed by atoms with Gasteiger partial charge in [-0.1, -0.05) is 6.07 Å². The van der Waals surface area contributed by atoms with Gasteiger partial charge in [0.25, 0.3) is 0 Å². The van der Waals surface area contributed by atoms with Gasteiger partial charge in [-0.2, -0.15) is 0 Å². The Morgan fingerprint density at radius 1 is 1.17 bits per heavy atom. The van der Waals surface area contributed by atoms with Crippen LogP contribution in [0.25, 0.3) is 0 Å². The molecule has 0 spiro atoms. The first-order valence-electron chi connectivity index (χ1n) is 3.13. The van der Waals surface area contributed by atoms with E-state index >= 15 is 0 Å². The second kappa shape index (κ2) is 7.29. The average Bonchev–Trinajstić information content (AvgIpc) is 1.88. The van der Waals surface area contributed by atoms with Gasteiger partial charge < -0.3 is 4.89 Å². The van der Waals surface area contributed by atoms with Crippen molar-refractivity contribution in [3.63, 3.8) is 0 Å². The van der Waals surface area contributed by atoms with Crippen LogP contribution in [0.1, 0.15) is 0 Å². The van der Waals surface area contributed by atoms with E-state index in [1.54, 1.807) is 12.4 Å². The summed E-state index contributed by atoms with van der Waals surface area (Å²) in [5.74, 6) is 0. The van der Waals surface area contributed by atoms with Gasteiger partial charge in [-0.25, -0.2) is 0 Å². The molecule has 12 heavy (non-hydrogen) atoms. The molecule has 1 heterocycles. The number of rotatable bonds is 0. The van der Waals surface area contributed by atoms with Gasteiger partial charge in [0.15, 0.2) is 7.37 Å². The van der Waals surface area contributed by atoms with Crippen LogP contribution in [-0.4, -0.2) is 23.2 Å². The molecule has 1 aromatic rings. The highest BCUT2D eigenvalue weighted by molar-refractivity contribution is 7.56. The normalized spacial score (nSPS) is 8.92. The summed E-state index contributed by atoms with van der Waals surface area (Å²) in [4.78, 5) is 11.9. The minimum atomic E-state index is -2.64. The lowest BCUT2D eigenvalue weighted by Gasteiger charge is -1.86. The van der Waals surface area contributed by atoms with E-state index < -0.39 is 7.37 Å². The second-order valence-corrected chi connectivity index (χ2v) is 4.91. The van der Waals surface area contributed by atoms with Gasteiger partial charge in [-0.3, -0.25) is 9.55 Å². The van der Waals surface area contributed by atoms with Crippen molar-refractivity contribution in [2.24, 2.45) is 0 Å². The van der Waals surface area contributed by atoms with Crippen molar-refractivity contribution in [3.05, 3.63) is 30.6 Å². The molecule has 0 saturated heterocycles. The standard InChI is InChI=1S/C5H5N.C2H7O2P.ClH/c1-2-4-6-5-3-1;1-5(2,3)4;/h1-5H;1-2H3,(H,3,4);1H. The zero-order valence-electron chi connectivity index (χ0n) is 7.04. The third kappa shape index (κ3) is 22.6. The topological polar surface area (TPSA) is 50.2 Å². The highest BCUT2D eigenvalue weighted by atomic mass is 35.5. The fourth-order valence-electron chi connectivity index (χ4n) is 0.313. The Morgan fingerprint density at radius 3 is 1.58 bits per heavy atom. The number of hydrogen-bond acceptors (Lipinski definition) is 2. The fourth-order valence-corrected chi connectivity index (χ4v) is 0.313. The highest BCUT2D eigenvalue weighted by Crippen LogP contribution is 2.27. The van der Waals surface area contributed by atoms with Gasteiger partial charge in [0.1, 0.15) is 0 Å². The second-order valence-electron chi connectivity index (χ2n) is 2.32. The summed E-state index contributed by atoms with van der Waals surface area (Å²) < 4.78 is 9.77. The first-order valence-corrected chi connectivity index (χ1v) is 5.68. The summed E-state index contributed by atoms with van der Waals surface area (Å²) in [6, 6.07) is 5.72. The molecule has 0 unspecified atom stereocenters. The van der Waals surface area contributed by atoms with Crippen LogP contribution in [0.4, 0.5) is 0 Å². The predicted octanol–water partition coefficient (Wildman–Crippen LogP) is 2.02. The molecule has 0 radical (unpaired) electrons. The lowest BCUT2D eigenvalue weighted by Crippen LogP contribution is -1.62. The van der Waals surface area contributed by atoms with E-state index in [0.29, 0.717) is 0 Å². The van der Waals surface area contributed by atoms with Gasteiger partial charge in [0.05, 0.1) is 0 Å². The molecule has 0 atom stereocenters. The van der Waals surface area contributed by atoms with Crippen molar-refractivity contribution in [2.45, 2.75) is 0 Å². The molecule has 0 aromatic carbocycles. The number of hydrogen-bond donors (Lipinski definition) is 1. The van der Waals surface area contributed by atoms with Crippen molar-refractivity contribution in [3.8, 4) is 0 Å². The molecule has 0 fully saturated rings. The van der Waals surface area contributed by atoms with Crippen molar-refractivity contribution in [2.75, 3.05) is 13.3 Å². The first-order chi connectivity index (χ1) is 5.00. The molecule has 3 nitrogen and oxygen atoms in total. The monoisotopic (exact) mass is 209 g/mol. The Labute approximate surface area is 78.7 Å². The maximum atomic E-state index is 9.77. The van der Waals surface area contributed by atoms with Crippen molar-refractivity contribution in [1.82, 2.24) is 4.98 Å². The molecule has 5 heteroatoms. The van der Waals surface area contributed by atoms with Crippen LogP contribution in [0.5, 0.6) is 0 Å². The summed E-state index contributed by atoms with van der Waals surface area (Å²) in [6.45, 7) is 2.60. The Kier molecular flexibility index (Phi) is 8.61. The molecule has 0 amide bonds. The van der Waals surface area contributed by atoms with E-state index in [0.717, 1.165) is 0 Å². The van der Waals surface area contributed by atoms with Gasteiger partial charge in [-0.05, 0) is 12.1 Å². The predicted molar refractivity (Wildman–Crippen MR) is 53.2 cm³/mol. The number of halogens is 1. The largest absolute Gasteiger partial charge is 0.345 e. The maximum Gasteiger partial charge on any atom is 0.194 e. The minimum Gasteiger partial charge on any atom is -0.345 e. The minimum absolute atomic E-state index is 0. The Morgan fingerprint density at radius 2 is 1.50 bits per heavy atom. The fraction of sp³-hybridized carbons (Fsp3) is 0.286. The Bertz CT molecular complexity index is 189. The summed E-state index contributed by atoms with van der Waals surface area (Å²) in [6.07, 6.45) is 3.50. The van der Waals surface area contributed by atoms with Gasteiger partial charge in [0.2, 0.25) is 0 Å². The zero-order chi connectivity index (χ0) is 8.74. The highest BCUT2D eigenvalue weighted by Gasteiger charge is 1.92. The van der Waals surface area contributed by atoms with Gasteiger partial charge >= 0.3 is 0 Å². The van der Waals surface area contributed by atoms with E-state index in [1.807, 2.05) is 18.2 Å². The smallest absolute Gasteiger partial charge is 0.194 e. The molecular formula is C7H13ClNO2P. The Balaban J connectivity index is 0. The van der Waals surface area contributed by atoms with Crippen LogP contribution < -0.4 is 0 Å². The van der Waals surface area contributed by atoms with E-state index in [1.165, 1.54) is 13.3 Å². The van der Waals surface area contributed by atoms with E-state index in [-0.39, 0.29) is 12.4 Å². The number of pyridine rings is 1. The lowest BCUT2D eigenvalue weighted by molar-refractivity contribution is 0.492. The van der Waals surface area contributed by atoms with Crippen LogP contribution in [0.15, 0.2) is 30.6 Å². The molecular weight excluding hydrogens is 197 g/mol. The van der Waals surface area contributed by atoms with Crippen molar-refractivity contribution >= 4 is 19.8 Å². The van der Waals surface area contributed by atoms with Crippen molar-refractivity contribution in [1.29, 1.82) is 0 Å². The third-order valence-corrected chi connectivity index (χ3v) is 0.566. The summed E-state index contributed by atoms with van der Waals surface area (Å²) in [5.41, 5.74) is 0. The van der Waals surface area contributed by atoms with Crippen LogP contribution in [0, 0.1) is 0 Å². The number of aromatic nitrogens is 1. The van der Waals surface area contributed by atoms with Crippen LogP contribution >= 0.6 is 19.8 Å². The van der Waals surface area contributed by atoms with E-state index in [2.05, 4.69) is 4.98 Å². The summed E-state index contributed by atoms with van der Waals surface area (Å²) >= 11 is 0. The lowest BCUT2D eigenvalue weighted by atomic mass is 10.5. The molecule has 1 rings (SSSR count). The molecule has 0 bridgehead atoms. The summed E-state index contributed by atoms with van der Waals surface area (Å²) in [5, 5.41) is 0. The van der Waals surface area contributed by atoms with E-state index in [9.17, 15) is 4.57 Å². The van der Waals surface area contributed by atoms with Crippen LogP contribution in [-0.2, 0) is 4.57 Å². The molecule has 0 saturated carbocycles. The molecule has 70 valence electrons. The molecule has 0 aliphatic heterocycles. The van der Waals surface area contributed by atoms with E-state index in [4.69, 9.17) is 4.89 Å². The third-order valence-electron chi connectivity index (χ3n) is 0.566. The Hall–Kier alpha value is -0.370. The first kappa shape index (κ1) is 14.2. The molecule has 0 aliphatic rings. The average molecular weight is 210 g/mol. The molecule has 1 N–H and O–H groups in total. The SMILES string of the molecule is CP(C)(=O)O.Cl.c1ccncc1. The number of nitrogens with zero attached hydrogens (tertiary/aromatic N) is 1. The maximum absolute atomic E-state index is 9.77. The quantitative estimate of drug-likeness (QED) is 0.665. The zero-order valence-corrected chi connectivity index (χ0v) is 8.76.